The number of nitrogens with one attached hydrogen (secondary N) is 1. The number of carbonyl (C=O) groups excluding carboxylic acids is 1. The average molecular weight is 341 g/mol. The summed E-state index contributed by atoms with van der Waals surface area (Å²) < 4.78 is 34.6. The molecule has 1 aromatic carbocycles. The highest BCUT2D eigenvalue weighted by Gasteiger charge is 2.43. The van der Waals surface area contributed by atoms with E-state index in [-0.39, 0.29) is 17.4 Å². The SMILES string of the molecule is CC(=O)Nc1cc2c(cc1I)OC(F)(F)O2. The molecule has 0 atom stereocenters. The second kappa shape index (κ2) is 3.72. The van der Waals surface area contributed by atoms with E-state index in [0.29, 0.717) is 9.26 Å². The molecule has 0 radical (unpaired) electrons. The number of carbonyl (C=O) groups is 1. The quantitative estimate of drug-likeness (QED) is 0.799. The summed E-state index contributed by atoms with van der Waals surface area (Å²) in [7, 11) is 0. The van der Waals surface area contributed by atoms with E-state index in [9.17, 15) is 13.6 Å². The van der Waals surface area contributed by atoms with Crippen LogP contribution in [0.1, 0.15) is 6.92 Å². The Kier molecular flexibility index (Phi) is 2.64. The van der Waals surface area contributed by atoms with E-state index in [0.717, 1.165) is 0 Å². The van der Waals surface area contributed by atoms with Crippen LogP contribution in [0, 0.1) is 3.57 Å². The normalized spacial score (nSPS) is 16.0. The van der Waals surface area contributed by atoms with Crippen LogP contribution < -0.4 is 14.8 Å². The highest BCUT2D eigenvalue weighted by atomic mass is 127. The van der Waals surface area contributed by atoms with E-state index in [1.54, 1.807) is 0 Å². The smallest absolute Gasteiger partial charge is 0.395 e. The molecule has 7 heteroatoms. The van der Waals surface area contributed by atoms with Gasteiger partial charge in [-0.2, -0.15) is 0 Å². The minimum absolute atomic E-state index is 0.0384. The van der Waals surface area contributed by atoms with Gasteiger partial charge in [0.2, 0.25) is 5.91 Å². The van der Waals surface area contributed by atoms with E-state index >= 15 is 0 Å². The van der Waals surface area contributed by atoms with Crippen LogP contribution in [0.5, 0.6) is 11.5 Å². The zero-order chi connectivity index (χ0) is 11.9. The Balaban J connectivity index is 2.37. The molecule has 1 aromatic rings. The van der Waals surface area contributed by atoms with Crippen LogP contribution in [-0.4, -0.2) is 12.2 Å². The number of fused-ring (bicyclic) bond motifs is 1. The largest absolute Gasteiger partial charge is 0.586 e. The van der Waals surface area contributed by atoms with Crippen molar-refractivity contribution < 1.29 is 23.0 Å². The summed E-state index contributed by atoms with van der Waals surface area (Å²) in [5.41, 5.74) is 0.410. The summed E-state index contributed by atoms with van der Waals surface area (Å²) >= 11 is 1.90. The van der Waals surface area contributed by atoms with Gasteiger partial charge >= 0.3 is 6.29 Å². The third kappa shape index (κ3) is 2.18. The molecule has 1 heterocycles. The first-order chi connectivity index (χ1) is 7.37. The lowest BCUT2D eigenvalue weighted by molar-refractivity contribution is -0.286. The molecule has 2 rings (SSSR count). The van der Waals surface area contributed by atoms with E-state index in [1.807, 2.05) is 22.6 Å². The summed E-state index contributed by atoms with van der Waals surface area (Å²) in [6, 6.07) is 2.68. The first-order valence-corrected chi connectivity index (χ1v) is 5.32. The van der Waals surface area contributed by atoms with Gasteiger partial charge in [0.1, 0.15) is 0 Å². The van der Waals surface area contributed by atoms with Crippen LogP contribution in [0.15, 0.2) is 12.1 Å². The summed E-state index contributed by atoms with van der Waals surface area (Å²) in [4.78, 5) is 10.9. The molecule has 4 nitrogen and oxygen atoms in total. The minimum Gasteiger partial charge on any atom is -0.395 e. The highest BCUT2D eigenvalue weighted by molar-refractivity contribution is 14.1. The molecule has 1 aliphatic rings. The first kappa shape index (κ1) is 11.4. The van der Waals surface area contributed by atoms with Crippen LogP contribution in [-0.2, 0) is 4.79 Å². The zero-order valence-corrected chi connectivity index (χ0v) is 10.2. The van der Waals surface area contributed by atoms with Gasteiger partial charge in [0.25, 0.3) is 0 Å². The van der Waals surface area contributed by atoms with Gasteiger partial charge in [-0.1, -0.05) is 0 Å². The number of hydrogen-bond acceptors (Lipinski definition) is 3. The lowest BCUT2D eigenvalue weighted by atomic mass is 10.3. The number of rotatable bonds is 1. The van der Waals surface area contributed by atoms with Gasteiger partial charge in [-0.05, 0) is 28.7 Å². The van der Waals surface area contributed by atoms with Crippen molar-refractivity contribution in [2.75, 3.05) is 5.32 Å². The summed E-state index contributed by atoms with van der Waals surface area (Å²) in [5.74, 6) is -0.416. The summed E-state index contributed by atoms with van der Waals surface area (Å²) in [6.07, 6.45) is -3.64. The Bertz CT molecular complexity index is 464. The van der Waals surface area contributed by atoms with Gasteiger partial charge in [0, 0.05) is 16.6 Å². The third-order valence-corrected chi connectivity index (χ3v) is 2.69. The van der Waals surface area contributed by atoms with Crippen LogP contribution in [0.25, 0.3) is 0 Å². The van der Waals surface area contributed by atoms with Crippen molar-refractivity contribution in [3.05, 3.63) is 15.7 Å². The van der Waals surface area contributed by atoms with Gasteiger partial charge < -0.3 is 14.8 Å². The topological polar surface area (TPSA) is 47.6 Å². The maximum atomic E-state index is 12.7. The molecule has 86 valence electrons. The molecule has 0 unspecified atom stereocenters. The molecule has 0 spiro atoms. The number of alkyl halides is 2. The standard InChI is InChI=1S/C9H6F2INO3/c1-4(14)13-6-3-8-7(2-5(6)12)15-9(10,11)16-8/h2-3H,1H3,(H,13,14). The maximum absolute atomic E-state index is 12.7. The van der Waals surface area contributed by atoms with Crippen molar-refractivity contribution in [2.45, 2.75) is 13.2 Å². The monoisotopic (exact) mass is 341 g/mol. The summed E-state index contributed by atoms with van der Waals surface area (Å²) in [5, 5.41) is 2.50. The van der Waals surface area contributed by atoms with Crippen LogP contribution in [0.3, 0.4) is 0 Å². The lowest BCUT2D eigenvalue weighted by Gasteiger charge is -2.05. The molecular formula is C9H6F2INO3. The van der Waals surface area contributed by atoms with E-state index in [2.05, 4.69) is 14.8 Å². The number of hydrogen-bond donors (Lipinski definition) is 1. The molecule has 1 aliphatic heterocycles. The van der Waals surface area contributed by atoms with Crippen molar-refractivity contribution >= 4 is 34.2 Å². The van der Waals surface area contributed by atoms with Crippen molar-refractivity contribution in [1.29, 1.82) is 0 Å². The maximum Gasteiger partial charge on any atom is 0.586 e. The minimum atomic E-state index is -3.64. The van der Waals surface area contributed by atoms with Crippen LogP contribution in [0.4, 0.5) is 14.5 Å². The fourth-order valence-corrected chi connectivity index (χ4v) is 1.83. The second-order valence-electron chi connectivity index (χ2n) is 3.13. The second-order valence-corrected chi connectivity index (χ2v) is 4.29. The number of halogens is 3. The van der Waals surface area contributed by atoms with Crippen molar-refractivity contribution in [1.82, 2.24) is 0 Å². The molecule has 0 bridgehead atoms. The van der Waals surface area contributed by atoms with Gasteiger partial charge in [-0.15, -0.1) is 8.78 Å². The van der Waals surface area contributed by atoms with Crippen molar-refractivity contribution in [2.24, 2.45) is 0 Å². The predicted molar refractivity (Wildman–Crippen MR) is 59.7 cm³/mol. The molecule has 0 saturated carbocycles. The third-order valence-electron chi connectivity index (χ3n) is 1.80. The zero-order valence-electron chi connectivity index (χ0n) is 8.01. The Labute approximate surface area is 103 Å². The van der Waals surface area contributed by atoms with Crippen LogP contribution in [0.2, 0.25) is 0 Å². The van der Waals surface area contributed by atoms with E-state index in [1.165, 1.54) is 19.1 Å². The molecular weight excluding hydrogens is 335 g/mol. The number of amides is 1. The number of ether oxygens (including phenoxy) is 2. The first-order valence-electron chi connectivity index (χ1n) is 4.24. The fraction of sp³-hybridized carbons (Fsp3) is 0.222. The van der Waals surface area contributed by atoms with Gasteiger partial charge in [-0.3, -0.25) is 4.79 Å². The Morgan fingerprint density at radius 2 is 1.94 bits per heavy atom. The summed E-state index contributed by atoms with van der Waals surface area (Å²) in [6.45, 7) is 1.33. The number of anilines is 1. The van der Waals surface area contributed by atoms with E-state index in [4.69, 9.17) is 0 Å². The Morgan fingerprint density at radius 3 is 2.50 bits per heavy atom. The van der Waals surface area contributed by atoms with E-state index < -0.39 is 6.29 Å². The lowest BCUT2D eigenvalue weighted by Crippen LogP contribution is -2.25. The average Bonchev–Trinajstić information content (AvgIpc) is 2.38. The molecule has 0 fully saturated rings. The molecule has 0 aliphatic carbocycles. The van der Waals surface area contributed by atoms with Gasteiger partial charge in [0.15, 0.2) is 11.5 Å². The van der Waals surface area contributed by atoms with Gasteiger partial charge in [0.05, 0.1) is 5.69 Å². The molecule has 0 aromatic heterocycles. The molecule has 1 amide bonds. The molecule has 1 N–H and O–H groups in total. The number of benzene rings is 1. The van der Waals surface area contributed by atoms with Crippen molar-refractivity contribution in [3.63, 3.8) is 0 Å². The molecule has 0 saturated heterocycles. The highest BCUT2D eigenvalue weighted by Crippen LogP contribution is 2.44. The Morgan fingerprint density at radius 1 is 1.38 bits per heavy atom. The predicted octanol–water partition coefficient (Wildman–Crippen LogP) is 2.57. The van der Waals surface area contributed by atoms with Crippen molar-refractivity contribution in [3.8, 4) is 11.5 Å². The fourth-order valence-electron chi connectivity index (χ4n) is 1.26. The Hall–Kier alpha value is -1.12. The molecule has 16 heavy (non-hydrogen) atoms. The van der Waals surface area contributed by atoms with Gasteiger partial charge in [-0.25, -0.2) is 0 Å². The van der Waals surface area contributed by atoms with Crippen LogP contribution >= 0.6 is 22.6 Å².